The number of rotatable bonds is 6. The van der Waals surface area contributed by atoms with Gasteiger partial charge in [-0.15, -0.1) is 0 Å². The van der Waals surface area contributed by atoms with Crippen LogP contribution in [0.3, 0.4) is 0 Å². The molecule has 1 aromatic heterocycles. The second-order valence-corrected chi connectivity index (χ2v) is 6.33. The van der Waals surface area contributed by atoms with Gasteiger partial charge in [-0.1, -0.05) is 41.1 Å². The zero-order valence-electron chi connectivity index (χ0n) is 15.9. The van der Waals surface area contributed by atoms with E-state index in [4.69, 9.17) is 9.26 Å². The van der Waals surface area contributed by atoms with Gasteiger partial charge in [-0.05, 0) is 25.1 Å². The van der Waals surface area contributed by atoms with Gasteiger partial charge < -0.3 is 14.6 Å². The van der Waals surface area contributed by atoms with Crippen LogP contribution in [0.1, 0.15) is 22.8 Å². The van der Waals surface area contributed by atoms with E-state index in [0.29, 0.717) is 11.4 Å². The van der Waals surface area contributed by atoms with Gasteiger partial charge in [0.15, 0.2) is 6.61 Å². The molecule has 2 N–H and O–H groups in total. The van der Waals surface area contributed by atoms with Crippen LogP contribution in [0.25, 0.3) is 11.3 Å². The molecule has 8 heteroatoms. The van der Waals surface area contributed by atoms with Crippen molar-refractivity contribution in [2.75, 3.05) is 17.2 Å². The van der Waals surface area contributed by atoms with Gasteiger partial charge in [0.2, 0.25) is 11.8 Å². The van der Waals surface area contributed by atoms with Crippen LogP contribution >= 0.6 is 0 Å². The normalized spacial score (nSPS) is 10.3. The van der Waals surface area contributed by atoms with E-state index >= 15 is 0 Å². The SMILES string of the molecule is CC(=O)Nc1cccc(C(=O)OCC(=O)Nc2cc(-c3ccc(C)cc3)no2)c1. The molecule has 148 valence electrons. The molecule has 0 aliphatic heterocycles. The Morgan fingerprint density at radius 1 is 1.03 bits per heavy atom. The van der Waals surface area contributed by atoms with E-state index < -0.39 is 18.5 Å². The number of esters is 1. The van der Waals surface area contributed by atoms with Crippen molar-refractivity contribution in [3.05, 3.63) is 65.7 Å². The molecule has 0 unspecified atom stereocenters. The molecule has 0 spiro atoms. The molecule has 0 fully saturated rings. The van der Waals surface area contributed by atoms with Gasteiger partial charge in [0.25, 0.3) is 5.91 Å². The smallest absolute Gasteiger partial charge is 0.338 e. The number of nitrogens with one attached hydrogen (secondary N) is 2. The minimum atomic E-state index is -0.690. The van der Waals surface area contributed by atoms with E-state index in [1.807, 2.05) is 31.2 Å². The van der Waals surface area contributed by atoms with Crippen molar-refractivity contribution >= 4 is 29.4 Å². The Labute approximate surface area is 166 Å². The van der Waals surface area contributed by atoms with E-state index in [1.165, 1.54) is 19.1 Å². The van der Waals surface area contributed by atoms with Crippen molar-refractivity contribution < 1.29 is 23.6 Å². The summed E-state index contributed by atoms with van der Waals surface area (Å²) in [6.45, 7) is 2.85. The van der Waals surface area contributed by atoms with E-state index in [2.05, 4.69) is 15.8 Å². The van der Waals surface area contributed by atoms with Gasteiger partial charge >= 0.3 is 5.97 Å². The molecule has 0 aliphatic carbocycles. The van der Waals surface area contributed by atoms with Crippen LogP contribution in [-0.4, -0.2) is 29.5 Å². The second kappa shape index (κ2) is 8.83. The number of aryl methyl sites for hydroxylation is 1. The number of aromatic nitrogens is 1. The zero-order valence-corrected chi connectivity index (χ0v) is 15.9. The van der Waals surface area contributed by atoms with Crippen molar-refractivity contribution in [1.82, 2.24) is 5.16 Å². The lowest BCUT2D eigenvalue weighted by Crippen LogP contribution is -2.20. The molecule has 8 nitrogen and oxygen atoms in total. The fourth-order valence-electron chi connectivity index (χ4n) is 2.51. The molecule has 1 heterocycles. The first-order valence-corrected chi connectivity index (χ1v) is 8.79. The Kier molecular flexibility index (Phi) is 6.03. The third-order valence-electron chi connectivity index (χ3n) is 3.87. The maximum absolute atomic E-state index is 12.1. The average Bonchev–Trinajstić information content (AvgIpc) is 3.14. The third-order valence-corrected chi connectivity index (χ3v) is 3.87. The number of benzene rings is 2. The number of carbonyl (C=O) groups excluding carboxylic acids is 3. The summed E-state index contributed by atoms with van der Waals surface area (Å²) in [5, 5.41) is 8.97. The monoisotopic (exact) mass is 393 g/mol. The highest BCUT2D eigenvalue weighted by Gasteiger charge is 2.13. The molecule has 0 atom stereocenters. The minimum Gasteiger partial charge on any atom is -0.452 e. The first-order valence-electron chi connectivity index (χ1n) is 8.79. The number of anilines is 2. The summed E-state index contributed by atoms with van der Waals surface area (Å²) in [6.07, 6.45) is 0. The minimum absolute atomic E-state index is 0.147. The molecular weight excluding hydrogens is 374 g/mol. The van der Waals surface area contributed by atoms with Gasteiger partial charge in [0, 0.05) is 24.2 Å². The number of carbonyl (C=O) groups is 3. The van der Waals surface area contributed by atoms with Crippen molar-refractivity contribution in [1.29, 1.82) is 0 Å². The largest absolute Gasteiger partial charge is 0.452 e. The highest BCUT2D eigenvalue weighted by Crippen LogP contribution is 2.22. The summed E-state index contributed by atoms with van der Waals surface area (Å²) >= 11 is 0. The van der Waals surface area contributed by atoms with Crippen LogP contribution < -0.4 is 10.6 Å². The number of hydrogen-bond donors (Lipinski definition) is 2. The summed E-state index contributed by atoms with van der Waals surface area (Å²) < 4.78 is 10.1. The second-order valence-electron chi connectivity index (χ2n) is 6.33. The summed E-state index contributed by atoms with van der Waals surface area (Å²) in [4.78, 5) is 35.2. The molecule has 3 rings (SSSR count). The van der Waals surface area contributed by atoms with E-state index in [0.717, 1.165) is 11.1 Å². The Hall–Kier alpha value is -3.94. The van der Waals surface area contributed by atoms with Crippen molar-refractivity contribution in [2.24, 2.45) is 0 Å². The standard InChI is InChI=1S/C21H19N3O5/c1-13-6-8-15(9-7-13)18-11-20(29-24-18)23-19(26)12-28-21(27)16-4-3-5-17(10-16)22-14(2)25/h3-11H,12H2,1-2H3,(H,22,25)(H,23,26). The lowest BCUT2D eigenvalue weighted by atomic mass is 10.1. The Morgan fingerprint density at radius 2 is 1.79 bits per heavy atom. The van der Waals surface area contributed by atoms with E-state index in [9.17, 15) is 14.4 Å². The van der Waals surface area contributed by atoms with Gasteiger partial charge in [-0.25, -0.2) is 4.79 Å². The van der Waals surface area contributed by atoms with Crippen LogP contribution in [0.5, 0.6) is 0 Å². The van der Waals surface area contributed by atoms with Gasteiger partial charge in [0.1, 0.15) is 5.69 Å². The number of amides is 2. The molecule has 0 radical (unpaired) electrons. The molecular formula is C21H19N3O5. The zero-order chi connectivity index (χ0) is 20.8. The maximum atomic E-state index is 12.1. The van der Waals surface area contributed by atoms with Crippen LogP contribution in [0.15, 0.2) is 59.1 Å². The summed E-state index contributed by atoms with van der Waals surface area (Å²) in [5.74, 6) is -1.37. The average molecular weight is 393 g/mol. The lowest BCUT2D eigenvalue weighted by Gasteiger charge is -2.06. The maximum Gasteiger partial charge on any atom is 0.338 e. The Balaban J connectivity index is 1.54. The number of hydrogen-bond acceptors (Lipinski definition) is 6. The summed E-state index contributed by atoms with van der Waals surface area (Å²) in [7, 11) is 0. The molecule has 0 saturated carbocycles. The molecule has 2 aromatic carbocycles. The third kappa shape index (κ3) is 5.52. The predicted molar refractivity (Wildman–Crippen MR) is 106 cm³/mol. The molecule has 2 amide bonds. The quantitative estimate of drug-likeness (QED) is 0.621. The van der Waals surface area contributed by atoms with Crippen molar-refractivity contribution in [3.8, 4) is 11.3 Å². The fraction of sp³-hybridized carbons (Fsp3) is 0.143. The first kappa shape index (κ1) is 19.8. The van der Waals surface area contributed by atoms with E-state index in [1.54, 1.807) is 18.2 Å². The Bertz CT molecular complexity index is 1040. The van der Waals surface area contributed by atoms with Crippen LogP contribution in [-0.2, 0) is 14.3 Å². The molecule has 0 saturated heterocycles. The number of ether oxygens (including phenoxy) is 1. The number of nitrogens with zero attached hydrogens (tertiary/aromatic N) is 1. The highest BCUT2D eigenvalue weighted by molar-refractivity contribution is 5.96. The van der Waals surface area contributed by atoms with E-state index in [-0.39, 0.29) is 17.4 Å². The van der Waals surface area contributed by atoms with Gasteiger partial charge in [0.05, 0.1) is 5.56 Å². The van der Waals surface area contributed by atoms with Crippen LogP contribution in [0.4, 0.5) is 11.6 Å². The summed E-state index contributed by atoms with van der Waals surface area (Å²) in [5.41, 5.74) is 3.22. The molecule has 3 aromatic rings. The van der Waals surface area contributed by atoms with Crippen LogP contribution in [0, 0.1) is 6.92 Å². The molecule has 29 heavy (non-hydrogen) atoms. The van der Waals surface area contributed by atoms with Gasteiger partial charge in [-0.2, -0.15) is 0 Å². The lowest BCUT2D eigenvalue weighted by molar-refractivity contribution is -0.119. The van der Waals surface area contributed by atoms with Crippen LogP contribution in [0.2, 0.25) is 0 Å². The fourth-order valence-corrected chi connectivity index (χ4v) is 2.51. The topological polar surface area (TPSA) is 111 Å². The summed E-state index contributed by atoms with van der Waals surface area (Å²) in [6, 6.07) is 15.5. The van der Waals surface area contributed by atoms with Gasteiger partial charge in [-0.3, -0.25) is 14.9 Å². The van der Waals surface area contributed by atoms with Crippen molar-refractivity contribution in [3.63, 3.8) is 0 Å². The first-order chi connectivity index (χ1) is 13.9. The Morgan fingerprint density at radius 3 is 2.52 bits per heavy atom. The molecule has 0 aliphatic rings. The highest BCUT2D eigenvalue weighted by atomic mass is 16.5. The van der Waals surface area contributed by atoms with Crippen molar-refractivity contribution in [2.45, 2.75) is 13.8 Å². The predicted octanol–water partition coefficient (Wildman–Crippen LogP) is 3.40. The molecule has 0 bridgehead atoms.